The third-order valence-corrected chi connectivity index (χ3v) is 8.25. The predicted octanol–water partition coefficient (Wildman–Crippen LogP) is 5.17. The number of hydrogen-bond donors (Lipinski definition) is 0. The molecule has 1 fully saturated rings. The highest BCUT2D eigenvalue weighted by molar-refractivity contribution is 9.10. The van der Waals surface area contributed by atoms with Gasteiger partial charge in [0.25, 0.3) is 0 Å². The highest BCUT2D eigenvalue weighted by atomic mass is 79.9. The number of benzene rings is 2. The summed E-state index contributed by atoms with van der Waals surface area (Å²) in [7, 11) is -3.16. The van der Waals surface area contributed by atoms with Gasteiger partial charge in [0.05, 0.1) is 23.6 Å². The van der Waals surface area contributed by atoms with E-state index in [-0.39, 0.29) is 29.4 Å². The second-order valence-electron chi connectivity index (χ2n) is 6.65. The van der Waals surface area contributed by atoms with Crippen LogP contribution >= 0.6 is 50.9 Å². The third kappa shape index (κ3) is 4.21. The molecule has 0 radical (unpaired) electrons. The number of anilines is 1. The van der Waals surface area contributed by atoms with E-state index in [0.717, 1.165) is 0 Å². The van der Waals surface area contributed by atoms with Gasteiger partial charge in [0, 0.05) is 26.0 Å². The zero-order valence-electron chi connectivity index (χ0n) is 14.3. The molecule has 2 heterocycles. The van der Waals surface area contributed by atoms with Crippen LogP contribution in [0.5, 0.6) is 0 Å². The zero-order valence-corrected chi connectivity index (χ0v) is 19.0. The van der Waals surface area contributed by atoms with Gasteiger partial charge in [-0.15, -0.1) is 0 Å². The summed E-state index contributed by atoms with van der Waals surface area (Å²) in [6.45, 7) is 0. The van der Waals surface area contributed by atoms with E-state index >= 15 is 0 Å². The summed E-state index contributed by atoms with van der Waals surface area (Å²) in [5.41, 5.74) is 1.23. The van der Waals surface area contributed by atoms with Crippen LogP contribution in [0.4, 0.5) is 10.1 Å². The molecule has 2 aromatic rings. The Bertz CT molecular complexity index is 1060. The standard InChI is InChI=1S/C18H14BrCl2FN2O2S2/c19-11-2-1-10(15(22)3-11)7-27-18-23-16-8-28(25,26)9-17(16)24(18)14-5-12(20)4-13(21)6-14/h1-6,16-17H,7-9H2/t16-,17+/m1/s1. The van der Waals surface area contributed by atoms with E-state index in [1.54, 1.807) is 30.3 Å². The molecular formula is C18H14BrCl2FN2O2S2. The van der Waals surface area contributed by atoms with Crippen molar-refractivity contribution in [2.45, 2.75) is 17.8 Å². The first-order valence-corrected chi connectivity index (χ1v) is 12.7. The quantitative estimate of drug-likeness (QED) is 0.556. The Morgan fingerprint density at radius 2 is 1.89 bits per heavy atom. The number of thioether (sulfide) groups is 1. The summed E-state index contributed by atoms with van der Waals surface area (Å²) in [6.07, 6.45) is 0. The van der Waals surface area contributed by atoms with Crippen molar-refractivity contribution in [3.63, 3.8) is 0 Å². The summed E-state index contributed by atoms with van der Waals surface area (Å²) < 4.78 is 39.1. The first-order chi connectivity index (χ1) is 13.2. The maximum Gasteiger partial charge on any atom is 0.164 e. The van der Waals surface area contributed by atoms with Gasteiger partial charge in [0.1, 0.15) is 5.82 Å². The summed E-state index contributed by atoms with van der Waals surface area (Å²) in [5, 5.41) is 1.55. The molecular weight excluding hydrogens is 510 g/mol. The molecule has 0 N–H and O–H groups in total. The Morgan fingerprint density at radius 3 is 2.57 bits per heavy atom. The third-order valence-electron chi connectivity index (χ3n) is 4.60. The van der Waals surface area contributed by atoms with Gasteiger partial charge in [0.2, 0.25) is 0 Å². The zero-order chi connectivity index (χ0) is 20.1. The van der Waals surface area contributed by atoms with Crippen LogP contribution < -0.4 is 4.90 Å². The van der Waals surface area contributed by atoms with Gasteiger partial charge in [-0.3, -0.25) is 4.99 Å². The minimum atomic E-state index is -3.16. The summed E-state index contributed by atoms with van der Waals surface area (Å²) in [6, 6.07) is 9.35. The molecule has 148 valence electrons. The van der Waals surface area contributed by atoms with E-state index < -0.39 is 9.84 Å². The summed E-state index contributed by atoms with van der Waals surface area (Å²) in [4.78, 5) is 6.50. The molecule has 0 saturated carbocycles. The number of sulfone groups is 1. The largest absolute Gasteiger partial charge is 0.315 e. The van der Waals surface area contributed by atoms with Crippen molar-refractivity contribution >= 4 is 71.6 Å². The Kier molecular flexibility index (Phi) is 5.70. The lowest BCUT2D eigenvalue weighted by Crippen LogP contribution is -2.39. The van der Waals surface area contributed by atoms with Crippen molar-refractivity contribution in [1.82, 2.24) is 0 Å². The second-order valence-corrected chi connectivity index (χ2v) is 11.5. The number of fused-ring (bicyclic) bond motifs is 1. The molecule has 0 aromatic heterocycles. The van der Waals surface area contributed by atoms with Crippen molar-refractivity contribution < 1.29 is 12.8 Å². The highest BCUT2D eigenvalue weighted by Crippen LogP contribution is 2.38. The van der Waals surface area contributed by atoms with Crippen LogP contribution in [-0.2, 0) is 15.6 Å². The molecule has 2 aromatic carbocycles. The molecule has 0 spiro atoms. The van der Waals surface area contributed by atoms with Crippen LogP contribution in [0.15, 0.2) is 45.9 Å². The van der Waals surface area contributed by atoms with Gasteiger partial charge in [-0.2, -0.15) is 0 Å². The number of nitrogens with zero attached hydrogens (tertiary/aromatic N) is 2. The Hall–Kier alpha value is -0.800. The molecule has 2 aliphatic heterocycles. The lowest BCUT2D eigenvalue weighted by molar-refractivity contribution is 0.601. The van der Waals surface area contributed by atoms with Gasteiger partial charge in [-0.1, -0.05) is 57.0 Å². The Balaban J connectivity index is 1.65. The second kappa shape index (κ2) is 7.80. The van der Waals surface area contributed by atoms with E-state index in [1.165, 1.54) is 17.8 Å². The van der Waals surface area contributed by atoms with Gasteiger partial charge in [-0.25, -0.2) is 12.8 Å². The smallest absolute Gasteiger partial charge is 0.164 e. The average molecular weight is 524 g/mol. The molecule has 0 aliphatic carbocycles. The predicted molar refractivity (Wildman–Crippen MR) is 118 cm³/mol. The van der Waals surface area contributed by atoms with Gasteiger partial charge in [0.15, 0.2) is 15.0 Å². The number of halogens is 4. The van der Waals surface area contributed by atoms with Crippen LogP contribution in [0.2, 0.25) is 10.0 Å². The minimum Gasteiger partial charge on any atom is -0.315 e. The summed E-state index contributed by atoms with van der Waals surface area (Å²) >= 11 is 16.9. The van der Waals surface area contributed by atoms with E-state index in [4.69, 9.17) is 23.2 Å². The molecule has 1 saturated heterocycles. The topological polar surface area (TPSA) is 49.7 Å². The van der Waals surface area contributed by atoms with Crippen LogP contribution in [0.3, 0.4) is 0 Å². The highest BCUT2D eigenvalue weighted by Gasteiger charge is 2.47. The van der Waals surface area contributed by atoms with E-state index in [2.05, 4.69) is 20.9 Å². The molecule has 4 rings (SSSR count). The first-order valence-electron chi connectivity index (χ1n) is 8.32. The van der Waals surface area contributed by atoms with Gasteiger partial charge < -0.3 is 4.90 Å². The Labute approximate surface area is 185 Å². The normalized spacial score (nSPS) is 23.0. The van der Waals surface area contributed by atoms with Crippen LogP contribution in [0.1, 0.15) is 5.56 Å². The van der Waals surface area contributed by atoms with Crippen molar-refractivity contribution in [2.24, 2.45) is 4.99 Å². The molecule has 10 heteroatoms. The Morgan fingerprint density at radius 1 is 1.18 bits per heavy atom. The molecule has 2 aliphatic rings. The molecule has 28 heavy (non-hydrogen) atoms. The summed E-state index contributed by atoms with van der Waals surface area (Å²) in [5.74, 6) is 0.0939. The number of rotatable bonds is 3. The van der Waals surface area contributed by atoms with Crippen molar-refractivity contribution in [2.75, 3.05) is 16.4 Å². The van der Waals surface area contributed by atoms with Crippen molar-refractivity contribution in [1.29, 1.82) is 0 Å². The van der Waals surface area contributed by atoms with E-state index in [1.807, 2.05) is 4.90 Å². The van der Waals surface area contributed by atoms with Gasteiger partial charge in [-0.05, 0) is 35.9 Å². The van der Waals surface area contributed by atoms with Crippen LogP contribution in [0.25, 0.3) is 0 Å². The monoisotopic (exact) mass is 522 g/mol. The van der Waals surface area contributed by atoms with E-state index in [9.17, 15) is 12.8 Å². The lowest BCUT2D eigenvalue weighted by Gasteiger charge is -2.27. The number of aliphatic imine (C=N–C) groups is 1. The molecule has 4 nitrogen and oxygen atoms in total. The first kappa shape index (κ1) is 20.5. The van der Waals surface area contributed by atoms with Gasteiger partial charge >= 0.3 is 0 Å². The van der Waals surface area contributed by atoms with Crippen LogP contribution in [-0.4, -0.2) is 37.2 Å². The average Bonchev–Trinajstić information content (AvgIpc) is 3.04. The fourth-order valence-corrected chi connectivity index (χ4v) is 7.20. The van der Waals surface area contributed by atoms with Crippen molar-refractivity contribution in [3.05, 3.63) is 62.3 Å². The lowest BCUT2D eigenvalue weighted by atomic mass is 10.1. The van der Waals surface area contributed by atoms with Crippen LogP contribution in [0, 0.1) is 5.82 Å². The molecule has 0 unspecified atom stereocenters. The molecule has 0 amide bonds. The molecule has 0 bridgehead atoms. The fourth-order valence-electron chi connectivity index (χ4n) is 3.39. The molecule has 2 atom stereocenters. The fraction of sp³-hybridized carbons (Fsp3) is 0.278. The minimum absolute atomic E-state index is 0.0131. The maximum absolute atomic E-state index is 14.2. The van der Waals surface area contributed by atoms with Crippen molar-refractivity contribution in [3.8, 4) is 0 Å². The number of hydrogen-bond acceptors (Lipinski definition) is 5. The SMILES string of the molecule is O=S1(=O)C[C@H]2N=C(SCc3ccc(Br)cc3F)N(c3cc(Cl)cc(Cl)c3)[C@H]2C1. The maximum atomic E-state index is 14.2. The van der Waals surface area contributed by atoms with E-state index in [0.29, 0.717) is 36.7 Å². The number of amidine groups is 1.